The third-order valence-electron chi connectivity index (χ3n) is 41.3. The fraction of sp³-hybridized carbons (Fsp3) is 0.804. The maximum absolute atomic E-state index is 6.32. The quantitative estimate of drug-likeness (QED) is 0.142. The molecule has 17 heteroatoms. The van der Waals surface area contributed by atoms with Gasteiger partial charge in [0.1, 0.15) is 11.3 Å². The van der Waals surface area contributed by atoms with E-state index in [4.69, 9.17) is 4.74 Å². The van der Waals surface area contributed by atoms with Gasteiger partial charge in [0, 0.05) is 110 Å². The van der Waals surface area contributed by atoms with E-state index in [1.54, 1.807) is 0 Å². The molecule has 0 N–H and O–H groups in total. The summed E-state index contributed by atoms with van der Waals surface area (Å²) in [5.74, 6) is 0.787. The smallest absolute Gasteiger partial charge is 0.182 e. The number of fused-ring (bicyclic) bond motifs is 5. The lowest BCUT2D eigenvalue weighted by atomic mass is 9.41. The maximum atomic E-state index is 6.32. The number of pyridine rings is 3. The van der Waals surface area contributed by atoms with E-state index in [2.05, 4.69) is 468 Å². The molecule has 16 nitrogen and oxygen atoms in total. The molecule has 12 rings (SSSR count). The lowest BCUT2D eigenvalue weighted by Gasteiger charge is -2.73. The lowest BCUT2D eigenvalue weighted by Crippen LogP contribution is -2.82. The SMILES string of the molecule is CC1(C)N2CC(C)(C1(C)C)C(C)(C)C2(C)C.CN1C(C)(C)C(C)(C)C(C)(C)C(C)(C)C1(C)C.CN1C(C)(C)C(C)(C)N(C)C(C)(C)C1(C)C.CN1C(C)(C)C(C)(C)OC(C)(C)C1(C)C.CN1C(C)(C)C(C)(C)SC(C)(C)C1(C)C.Cc1nc(C)c2c(C)c(C)c(C)nc2n1.Cc1nc2nc(C)c(C)c(C)c2nc1C.Cc1nc2nnc(C)c(C)c2c(C)c1C. The first kappa shape index (κ1) is 110. The summed E-state index contributed by atoms with van der Waals surface area (Å²) in [6, 6.07) is 0. The van der Waals surface area contributed by atoms with Crippen molar-refractivity contribution in [2.45, 2.75) is 489 Å². The van der Waals surface area contributed by atoms with Crippen molar-refractivity contribution in [1.29, 1.82) is 0 Å². The molecule has 6 aromatic heterocycles. The number of thioether (sulfide) groups is 1. The first-order valence-corrected chi connectivity index (χ1v) is 47.5. The third kappa shape index (κ3) is 16.9. The number of hydrogen-bond acceptors (Lipinski definition) is 17. The van der Waals surface area contributed by atoms with Crippen LogP contribution in [0.1, 0.15) is 382 Å². The van der Waals surface area contributed by atoms with E-state index in [1.165, 1.54) is 45.5 Å². The van der Waals surface area contributed by atoms with Crippen molar-refractivity contribution < 1.29 is 4.74 Å². The molecule has 0 spiro atoms. The minimum absolute atomic E-state index is 0.0337. The minimum atomic E-state index is -0.138. The van der Waals surface area contributed by atoms with Gasteiger partial charge in [-0.05, 0) is 432 Å². The van der Waals surface area contributed by atoms with Crippen molar-refractivity contribution in [3.63, 3.8) is 0 Å². The molecule has 6 aliphatic heterocycles. The van der Waals surface area contributed by atoms with Gasteiger partial charge >= 0.3 is 0 Å². The van der Waals surface area contributed by atoms with Gasteiger partial charge in [-0.25, -0.2) is 34.9 Å². The Hall–Kier alpha value is -4.46. The number of piperazine rings is 1. The Balaban J connectivity index is 0.000000252. The minimum Gasteiger partial charge on any atom is -0.366 e. The number of ether oxygens (including phenoxy) is 1. The van der Waals surface area contributed by atoms with Crippen molar-refractivity contribution in [2.75, 3.05) is 41.8 Å². The Morgan fingerprint density at radius 2 is 0.532 bits per heavy atom. The van der Waals surface area contributed by atoms with Gasteiger partial charge in [0.05, 0.1) is 34.0 Å². The number of likely N-dealkylation sites (N-methyl/N-ethyl adjacent to an activating group) is 3. The van der Waals surface area contributed by atoms with E-state index in [0.717, 1.165) is 78.9 Å². The molecule has 0 radical (unpaired) electrons. The number of morpholine rings is 1. The number of aryl methyl sites for hydroxylation is 12. The second kappa shape index (κ2) is 33.7. The van der Waals surface area contributed by atoms with E-state index < -0.39 is 0 Å². The zero-order valence-corrected chi connectivity index (χ0v) is 93.5. The van der Waals surface area contributed by atoms with Crippen molar-refractivity contribution in [3.05, 3.63) is 84.6 Å². The molecule has 6 fully saturated rings. The fourth-order valence-electron chi connectivity index (χ4n) is 21.6. The average molecular weight is 1740 g/mol. The van der Waals surface area contributed by atoms with Gasteiger partial charge in [0.25, 0.3) is 0 Å². The Morgan fingerprint density at radius 1 is 0.234 bits per heavy atom. The van der Waals surface area contributed by atoms with Gasteiger partial charge in [0.15, 0.2) is 16.9 Å². The molecule has 0 unspecified atom stereocenters. The monoisotopic (exact) mass is 1730 g/mol. The summed E-state index contributed by atoms with van der Waals surface area (Å²) in [5, 5.41) is 10.5. The highest BCUT2D eigenvalue weighted by molar-refractivity contribution is 8.02. The van der Waals surface area contributed by atoms with E-state index in [-0.39, 0.29) is 92.3 Å². The van der Waals surface area contributed by atoms with E-state index in [9.17, 15) is 0 Å². The van der Waals surface area contributed by atoms with Crippen molar-refractivity contribution >= 4 is 45.0 Å². The highest BCUT2D eigenvalue weighted by Crippen LogP contribution is 2.74. The Morgan fingerprint density at radius 3 is 0.887 bits per heavy atom. The maximum Gasteiger partial charge on any atom is 0.182 e. The van der Waals surface area contributed by atoms with Crippen LogP contribution in [0.15, 0.2) is 0 Å². The summed E-state index contributed by atoms with van der Waals surface area (Å²) in [6.45, 7) is 133. The van der Waals surface area contributed by atoms with Gasteiger partial charge in [-0.1, -0.05) is 76.2 Å². The van der Waals surface area contributed by atoms with E-state index in [1.807, 2.05) is 55.4 Å². The molecule has 0 atom stereocenters. The summed E-state index contributed by atoms with van der Waals surface area (Å²) >= 11 is 2.12. The predicted molar refractivity (Wildman–Crippen MR) is 540 cm³/mol. The molecule has 6 saturated heterocycles. The molecule has 124 heavy (non-hydrogen) atoms. The largest absolute Gasteiger partial charge is 0.366 e. The number of nitrogens with zero attached hydrogens (tertiary/aromatic N) is 15. The van der Waals surface area contributed by atoms with Crippen LogP contribution in [0.3, 0.4) is 0 Å². The molecule has 0 aromatic carbocycles. The third-order valence-corrected chi connectivity index (χ3v) is 43.3. The molecule has 12 heterocycles. The van der Waals surface area contributed by atoms with Crippen molar-refractivity contribution in [3.8, 4) is 0 Å². The molecule has 2 bridgehead atoms. The average Bonchev–Trinajstić information content (AvgIpc) is 1.47. The Kier molecular flexibility index (Phi) is 29.9. The number of aromatic nitrogens is 9. The van der Waals surface area contributed by atoms with Gasteiger partial charge in [0.2, 0.25) is 0 Å². The standard InChI is InChI=1S/C16H33N.C15H29N.C14H30N2.C13H27NO.C13H27NS.3C12H15N3/c1-12(2)13(3,4)15(7,8)17(11)16(9,10)14(12,5)6;1-11(2)13(5,6)16-10-15(11,9)12(3,4)14(16,7)8;1-11(2)12(3,4)16(10)14(7,8)13(5,6)15(11)9;2*1-10(2)12(5,6)15-13(7,8)11(3,4)14(10)9;1-6-7(2)11-8(3)10(5)14-15-12(11)13-9(6)4;1-6-7(2)11-9(4)13-10(5)15-12(11)14-8(6)3;1-6-7(2)11-12(14-8(6)3)15-10(5)9(4)13-11/h1-11H3;10H2,1-9H3;1-10H3;2*1-9H3;3*1-5H3. The second-order valence-electron chi connectivity index (χ2n) is 49.9. The fourth-order valence-corrected chi connectivity index (χ4v) is 23.7. The molecular weight excluding hydrogens is 1540 g/mol. The van der Waals surface area contributed by atoms with Gasteiger partial charge in [-0.2, -0.15) is 5.10 Å². The van der Waals surface area contributed by atoms with Crippen LogP contribution in [0.4, 0.5) is 0 Å². The first-order chi connectivity index (χ1) is 54.6. The highest BCUT2D eigenvalue weighted by atomic mass is 32.2. The van der Waals surface area contributed by atoms with Crippen LogP contribution >= 0.6 is 11.8 Å². The van der Waals surface area contributed by atoms with E-state index in [0.29, 0.717) is 27.3 Å². The summed E-state index contributed by atoms with van der Waals surface area (Å²) in [4.78, 5) is 46.6. The van der Waals surface area contributed by atoms with Crippen LogP contribution in [0.25, 0.3) is 33.2 Å². The van der Waals surface area contributed by atoms with Gasteiger partial charge in [-0.3, -0.25) is 29.4 Å². The Labute approximate surface area is 767 Å². The van der Waals surface area contributed by atoms with Gasteiger partial charge < -0.3 is 4.74 Å². The molecule has 0 saturated carbocycles. The topological polar surface area (TPSA) is 145 Å². The molecule has 0 amide bonds. The first-order valence-electron chi connectivity index (χ1n) is 46.7. The molecule has 706 valence electrons. The van der Waals surface area contributed by atoms with Crippen LogP contribution in [-0.2, 0) is 4.74 Å². The number of rotatable bonds is 0. The van der Waals surface area contributed by atoms with Crippen LogP contribution in [0.2, 0.25) is 0 Å². The van der Waals surface area contributed by atoms with Crippen LogP contribution in [-0.4, -0.2) is 203 Å². The lowest BCUT2D eigenvalue weighted by molar-refractivity contribution is -0.285. The second-order valence-corrected chi connectivity index (χ2v) is 52.1. The highest BCUT2D eigenvalue weighted by Gasteiger charge is 2.77. The van der Waals surface area contributed by atoms with Crippen molar-refractivity contribution in [1.82, 2.24) is 74.5 Å². The Bertz CT molecular complexity index is 4660. The van der Waals surface area contributed by atoms with Crippen LogP contribution < -0.4 is 0 Å². The summed E-state index contributed by atoms with van der Waals surface area (Å²) in [6.07, 6.45) is 0. The molecule has 6 aromatic rings. The summed E-state index contributed by atoms with van der Waals surface area (Å²) < 4.78 is 6.88. The normalized spacial score (nSPS) is 26.6. The van der Waals surface area contributed by atoms with E-state index >= 15 is 0 Å². The summed E-state index contributed by atoms with van der Waals surface area (Å²) in [7, 11) is 11.3. The zero-order chi connectivity index (χ0) is 98.1. The molecular formula is C107H191N15OS. The zero-order valence-electron chi connectivity index (χ0n) is 92.7. The molecule has 0 aliphatic carbocycles. The molecule has 6 aliphatic rings. The van der Waals surface area contributed by atoms with Crippen LogP contribution in [0.5, 0.6) is 0 Å². The number of piperidine rings is 2. The number of likely N-dealkylation sites (tertiary alicyclic amines) is 1. The predicted octanol–water partition coefficient (Wildman–Crippen LogP) is 26.0. The van der Waals surface area contributed by atoms with Gasteiger partial charge in [-0.15, -0.1) is 16.9 Å². The summed E-state index contributed by atoms with van der Waals surface area (Å²) in [5.41, 5.74) is 22.6. The number of hydrogen-bond donors (Lipinski definition) is 0. The van der Waals surface area contributed by atoms with Crippen molar-refractivity contribution in [2.24, 2.45) is 32.5 Å². The van der Waals surface area contributed by atoms with Crippen LogP contribution in [0, 0.1) is 136 Å².